The molecule has 2 heterocycles. The zero-order valence-electron chi connectivity index (χ0n) is 21.3. The molecule has 5 rings (SSSR count). The number of hydrogen-bond acceptors (Lipinski definition) is 7. The van der Waals surface area contributed by atoms with Gasteiger partial charge in [-0.1, -0.05) is 11.6 Å². The van der Waals surface area contributed by atoms with E-state index in [4.69, 9.17) is 21.1 Å². The third-order valence-electron chi connectivity index (χ3n) is 7.11. The zero-order valence-corrected chi connectivity index (χ0v) is 22.0. The van der Waals surface area contributed by atoms with Crippen LogP contribution in [0.4, 0.5) is 4.39 Å². The Kier molecular flexibility index (Phi) is 7.17. The highest BCUT2D eigenvalue weighted by Crippen LogP contribution is 2.37. The van der Waals surface area contributed by atoms with Gasteiger partial charge in [0.15, 0.2) is 17.3 Å². The minimum atomic E-state index is -1.49. The van der Waals surface area contributed by atoms with Crippen molar-refractivity contribution in [2.75, 3.05) is 20.2 Å². The van der Waals surface area contributed by atoms with E-state index in [2.05, 4.69) is 10.3 Å². The number of aromatic nitrogens is 1. The SMILES string of the molecule is COc1cc(C(=O)CCC(C)(O)c2cc(C3(O)CNC3)cc(-c3ccc(F)c(Cl)c3)n2)ccc1OC1CC1. The molecule has 7 nitrogen and oxygen atoms in total. The van der Waals surface area contributed by atoms with Crippen LogP contribution in [0.1, 0.15) is 54.2 Å². The summed E-state index contributed by atoms with van der Waals surface area (Å²) < 4.78 is 25.0. The van der Waals surface area contributed by atoms with Crippen molar-refractivity contribution in [1.82, 2.24) is 10.3 Å². The average Bonchev–Trinajstić information content (AvgIpc) is 3.71. The van der Waals surface area contributed by atoms with E-state index in [1.807, 2.05) is 0 Å². The van der Waals surface area contributed by atoms with Crippen molar-refractivity contribution in [2.24, 2.45) is 0 Å². The molecule has 1 saturated carbocycles. The van der Waals surface area contributed by atoms with Crippen LogP contribution in [-0.2, 0) is 11.2 Å². The summed E-state index contributed by atoms with van der Waals surface area (Å²) in [6, 6.07) is 12.7. The third kappa shape index (κ3) is 5.54. The van der Waals surface area contributed by atoms with E-state index in [9.17, 15) is 19.4 Å². The second-order valence-corrected chi connectivity index (χ2v) is 10.7. The number of β-amino-alcohol motifs (C(OH)–C–C–N with tert-alkyl or cyclic N) is 1. The molecular formula is C29H30ClFN2O5. The summed E-state index contributed by atoms with van der Waals surface area (Å²) in [4.78, 5) is 17.7. The Hall–Kier alpha value is -3.04. The molecule has 1 aliphatic heterocycles. The predicted molar refractivity (Wildman–Crippen MR) is 141 cm³/mol. The molecule has 1 aromatic heterocycles. The highest BCUT2D eigenvalue weighted by Gasteiger charge is 2.38. The fourth-order valence-electron chi connectivity index (χ4n) is 4.38. The van der Waals surface area contributed by atoms with Crippen LogP contribution in [0.25, 0.3) is 11.3 Å². The van der Waals surface area contributed by atoms with Crippen LogP contribution in [0.5, 0.6) is 11.5 Å². The van der Waals surface area contributed by atoms with Crippen molar-refractivity contribution in [3.63, 3.8) is 0 Å². The topological polar surface area (TPSA) is 101 Å². The zero-order chi connectivity index (χ0) is 27.1. The lowest BCUT2D eigenvalue weighted by Crippen LogP contribution is -2.56. The highest BCUT2D eigenvalue weighted by atomic mass is 35.5. The first-order chi connectivity index (χ1) is 18.1. The standard InChI is InChI=1S/C29H30ClFN2O5/c1-28(35,10-9-24(34)18-4-8-25(26(12-18)37-2)38-20-5-6-20)27-14-19(29(36)15-32-16-29)13-23(33-27)17-3-7-22(31)21(30)11-17/h3-4,7-8,11-14,20,32,35-36H,5-6,9-10,15-16H2,1-2H3. The normalized spacial score (nSPS) is 17.8. The number of nitrogens with zero attached hydrogens (tertiary/aromatic N) is 1. The van der Waals surface area contributed by atoms with Crippen LogP contribution < -0.4 is 14.8 Å². The van der Waals surface area contributed by atoms with E-state index in [0.717, 1.165) is 12.8 Å². The number of aliphatic hydroxyl groups is 2. The molecule has 3 N–H and O–H groups in total. The Labute approximate surface area is 225 Å². The lowest BCUT2D eigenvalue weighted by Gasteiger charge is -2.39. The summed E-state index contributed by atoms with van der Waals surface area (Å²) >= 11 is 6.00. The van der Waals surface area contributed by atoms with Crippen LogP contribution in [0, 0.1) is 5.82 Å². The molecular weight excluding hydrogens is 511 g/mol. The molecule has 1 unspecified atom stereocenters. The number of ether oxygens (including phenoxy) is 2. The van der Waals surface area contributed by atoms with Gasteiger partial charge < -0.3 is 25.0 Å². The van der Waals surface area contributed by atoms with E-state index in [1.54, 1.807) is 43.3 Å². The molecule has 2 fully saturated rings. The first-order valence-corrected chi connectivity index (χ1v) is 13.0. The van der Waals surface area contributed by atoms with Crippen LogP contribution in [0.15, 0.2) is 48.5 Å². The van der Waals surface area contributed by atoms with E-state index < -0.39 is 17.0 Å². The van der Waals surface area contributed by atoms with Crippen LogP contribution >= 0.6 is 11.6 Å². The van der Waals surface area contributed by atoms with Crippen LogP contribution in [-0.4, -0.2) is 47.3 Å². The van der Waals surface area contributed by atoms with Crippen molar-refractivity contribution in [1.29, 1.82) is 0 Å². The minimum Gasteiger partial charge on any atom is -0.493 e. The number of ketones is 1. The number of hydrogen-bond donors (Lipinski definition) is 3. The fourth-order valence-corrected chi connectivity index (χ4v) is 4.56. The number of Topliss-reactive ketones (excluding diaryl/α,β-unsaturated/α-hetero) is 1. The number of carbonyl (C=O) groups is 1. The maximum Gasteiger partial charge on any atom is 0.163 e. The van der Waals surface area contributed by atoms with E-state index in [1.165, 1.54) is 19.2 Å². The molecule has 0 bridgehead atoms. The summed E-state index contributed by atoms with van der Waals surface area (Å²) in [5.41, 5.74) is -0.312. The van der Waals surface area contributed by atoms with Crippen molar-refractivity contribution in [3.05, 3.63) is 76.2 Å². The summed E-state index contributed by atoms with van der Waals surface area (Å²) in [5.74, 6) is 0.387. The average molecular weight is 541 g/mol. The van der Waals surface area contributed by atoms with Crippen molar-refractivity contribution in [2.45, 2.75) is 49.9 Å². The molecule has 0 amide bonds. The van der Waals surface area contributed by atoms with Crippen molar-refractivity contribution >= 4 is 17.4 Å². The van der Waals surface area contributed by atoms with Gasteiger partial charge in [0, 0.05) is 30.6 Å². The Bertz CT molecular complexity index is 1370. The molecule has 3 aromatic rings. The first kappa shape index (κ1) is 26.6. The van der Waals surface area contributed by atoms with E-state index >= 15 is 0 Å². The predicted octanol–water partition coefficient (Wildman–Crippen LogP) is 4.75. The number of carbonyl (C=O) groups excluding carboxylic acids is 1. The second-order valence-electron chi connectivity index (χ2n) is 10.3. The maximum absolute atomic E-state index is 13.8. The van der Waals surface area contributed by atoms with Gasteiger partial charge in [0.1, 0.15) is 17.0 Å². The van der Waals surface area contributed by atoms with Gasteiger partial charge >= 0.3 is 0 Å². The maximum atomic E-state index is 13.8. The number of nitrogens with one attached hydrogen (secondary N) is 1. The van der Waals surface area contributed by atoms with E-state index in [0.29, 0.717) is 52.7 Å². The number of methoxy groups -OCH3 is 1. The summed E-state index contributed by atoms with van der Waals surface area (Å²) in [6.07, 6.45) is 2.36. The van der Waals surface area contributed by atoms with Gasteiger partial charge in [0.25, 0.3) is 0 Å². The van der Waals surface area contributed by atoms with Gasteiger partial charge in [-0.05, 0) is 80.3 Å². The van der Waals surface area contributed by atoms with Gasteiger partial charge in [-0.15, -0.1) is 0 Å². The Balaban J connectivity index is 1.39. The fraction of sp³-hybridized carbons (Fsp3) is 0.379. The molecule has 200 valence electrons. The minimum absolute atomic E-state index is 0.0500. The number of benzene rings is 2. The molecule has 0 spiro atoms. The van der Waals surface area contributed by atoms with Gasteiger partial charge in [0.05, 0.1) is 29.6 Å². The number of rotatable bonds is 10. The molecule has 1 saturated heterocycles. The Morgan fingerprint density at radius 2 is 1.95 bits per heavy atom. The largest absolute Gasteiger partial charge is 0.493 e. The highest BCUT2D eigenvalue weighted by molar-refractivity contribution is 6.31. The van der Waals surface area contributed by atoms with Gasteiger partial charge in [-0.25, -0.2) is 9.37 Å². The quantitative estimate of drug-likeness (QED) is 0.319. The summed E-state index contributed by atoms with van der Waals surface area (Å²) in [6.45, 7) is 2.29. The monoisotopic (exact) mass is 540 g/mol. The van der Waals surface area contributed by atoms with Crippen LogP contribution in [0.2, 0.25) is 5.02 Å². The Morgan fingerprint density at radius 3 is 2.58 bits per heavy atom. The second kappa shape index (κ2) is 10.3. The van der Waals surface area contributed by atoms with Gasteiger partial charge in [-0.2, -0.15) is 0 Å². The lowest BCUT2D eigenvalue weighted by atomic mass is 9.84. The Morgan fingerprint density at radius 1 is 1.18 bits per heavy atom. The molecule has 1 aliphatic carbocycles. The summed E-state index contributed by atoms with van der Waals surface area (Å²) in [7, 11) is 1.53. The van der Waals surface area contributed by atoms with Gasteiger partial charge in [0.2, 0.25) is 0 Å². The van der Waals surface area contributed by atoms with Crippen molar-refractivity contribution < 1.29 is 28.9 Å². The lowest BCUT2D eigenvalue weighted by molar-refractivity contribution is -0.0154. The third-order valence-corrected chi connectivity index (χ3v) is 7.40. The van der Waals surface area contributed by atoms with E-state index in [-0.39, 0.29) is 29.8 Å². The molecule has 0 radical (unpaired) electrons. The van der Waals surface area contributed by atoms with Crippen molar-refractivity contribution in [3.8, 4) is 22.8 Å². The molecule has 38 heavy (non-hydrogen) atoms. The molecule has 9 heteroatoms. The number of halogens is 2. The molecule has 2 aromatic carbocycles. The first-order valence-electron chi connectivity index (χ1n) is 12.6. The smallest absolute Gasteiger partial charge is 0.163 e. The number of pyridine rings is 1. The molecule has 1 atom stereocenters. The summed E-state index contributed by atoms with van der Waals surface area (Å²) in [5, 5.41) is 25.4. The van der Waals surface area contributed by atoms with Crippen LogP contribution in [0.3, 0.4) is 0 Å². The van der Waals surface area contributed by atoms with Gasteiger partial charge in [-0.3, -0.25) is 4.79 Å². The molecule has 2 aliphatic rings.